The summed E-state index contributed by atoms with van der Waals surface area (Å²) in [6.07, 6.45) is 7.73. The Kier molecular flexibility index (Phi) is 5.95. The second kappa shape index (κ2) is 8.57. The van der Waals surface area contributed by atoms with Crippen LogP contribution in [0.2, 0.25) is 0 Å². The van der Waals surface area contributed by atoms with Crippen LogP contribution in [-0.4, -0.2) is 56.4 Å². The predicted octanol–water partition coefficient (Wildman–Crippen LogP) is 1.14. The van der Waals surface area contributed by atoms with E-state index in [-0.39, 0.29) is 12.1 Å². The Bertz CT molecular complexity index is 675. The van der Waals surface area contributed by atoms with Crippen LogP contribution >= 0.6 is 0 Å². The Hall–Kier alpha value is -2.48. The molecule has 1 aliphatic rings. The molecule has 2 amide bonds. The average molecular weight is 344 g/mol. The lowest BCUT2D eigenvalue weighted by molar-refractivity contribution is -0.000405. The van der Waals surface area contributed by atoms with E-state index in [0.29, 0.717) is 26.1 Å². The standard InChI is InChI=1S/C17H24N6O2/c1-22-16(20-13-21-22)6-8-19-17(24)23-9-3-5-15(11-23)25-12-14-4-2-7-18-10-14/h2,4,7,10,13,15H,3,5-6,8-9,11-12H2,1H3,(H,19,24)/t15-/m0/s1. The summed E-state index contributed by atoms with van der Waals surface area (Å²) >= 11 is 0. The van der Waals surface area contributed by atoms with Gasteiger partial charge in [-0.1, -0.05) is 6.07 Å². The van der Waals surface area contributed by atoms with Gasteiger partial charge in [0, 0.05) is 45.5 Å². The summed E-state index contributed by atoms with van der Waals surface area (Å²) in [4.78, 5) is 22.4. The zero-order valence-corrected chi connectivity index (χ0v) is 14.5. The van der Waals surface area contributed by atoms with Gasteiger partial charge in [0.15, 0.2) is 0 Å². The molecule has 1 saturated heterocycles. The number of amides is 2. The summed E-state index contributed by atoms with van der Waals surface area (Å²) < 4.78 is 7.66. The molecule has 134 valence electrons. The molecule has 0 aromatic carbocycles. The largest absolute Gasteiger partial charge is 0.372 e. The van der Waals surface area contributed by atoms with Crippen molar-refractivity contribution in [2.45, 2.75) is 32.0 Å². The van der Waals surface area contributed by atoms with E-state index in [4.69, 9.17) is 4.74 Å². The summed E-state index contributed by atoms with van der Waals surface area (Å²) in [7, 11) is 1.85. The van der Waals surface area contributed by atoms with Crippen LogP contribution in [-0.2, 0) is 24.8 Å². The first-order chi connectivity index (χ1) is 12.2. The second-order valence-corrected chi connectivity index (χ2v) is 6.16. The highest BCUT2D eigenvalue weighted by Gasteiger charge is 2.24. The van der Waals surface area contributed by atoms with Crippen molar-refractivity contribution in [3.8, 4) is 0 Å². The number of hydrogen-bond acceptors (Lipinski definition) is 5. The number of aryl methyl sites for hydroxylation is 1. The smallest absolute Gasteiger partial charge is 0.317 e. The number of likely N-dealkylation sites (tertiary alicyclic amines) is 1. The number of aromatic nitrogens is 4. The van der Waals surface area contributed by atoms with Crippen LogP contribution in [0.5, 0.6) is 0 Å². The fourth-order valence-corrected chi connectivity index (χ4v) is 2.90. The van der Waals surface area contributed by atoms with Gasteiger partial charge < -0.3 is 15.0 Å². The number of carbonyl (C=O) groups is 1. The summed E-state index contributed by atoms with van der Waals surface area (Å²) in [5, 5.41) is 6.97. The van der Waals surface area contributed by atoms with Crippen molar-refractivity contribution < 1.29 is 9.53 Å². The van der Waals surface area contributed by atoms with Gasteiger partial charge in [0.25, 0.3) is 0 Å². The van der Waals surface area contributed by atoms with E-state index in [9.17, 15) is 4.79 Å². The van der Waals surface area contributed by atoms with Crippen LogP contribution in [0.15, 0.2) is 30.9 Å². The van der Waals surface area contributed by atoms with E-state index < -0.39 is 0 Å². The van der Waals surface area contributed by atoms with Crippen molar-refractivity contribution in [3.05, 3.63) is 42.2 Å². The number of carbonyl (C=O) groups excluding carboxylic acids is 1. The van der Waals surface area contributed by atoms with Crippen molar-refractivity contribution in [2.24, 2.45) is 7.05 Å². The molecule has 8 heteroatoms. The van der Waals surface area contributed by atoms with E-state index >= 15 is 0 Å². The number of urea groups is 1. The number of nitrogens with one attached hydrogen (secondary N) is 1. The molecule has 1 aliphatic heterocycles. The number of piperidine rings is 1. The molecular weight excluding hydrogens is 320 g/mol. The van der Waals surface area contributed by atoms with Crippen LogP contribution in [0.4, 0.5) is 4.79 Å². The Labute approximate surface area is 147 Å². The topological polar surface area (TPSA) is 85.2 Å². The highest BCUT2D eigenvalue weighted by atomic mass is 16.5. The van der Waals surface area contributed by atoms with Crippen molar-refractivity contribution in [2.75, 3.05) is 19.6 Å². The highest BCUT2D eigenvalue weighted by molar-refractivity contribution is 5.74. The lowest BCUT2D eigenvalue weighted by atomic mass is 10.1. The van der Waals surface area contributed by atoms with Gasteiger partial charge in [-0.25, -0.2) is 9.78 Å². The molecule has 25 heavy (non-hydrogen) atoms. The minimum Gasteiger partial charge on any atom is -0.372 e. The number of hydrogen-bond donors (Lipinski definition) is 1. The van der Waals surface area contributed by atoms with Gasteiger partial charge in [0.05, 0.1) is 12.7 Å². The van der Waals surface area contributed by atoms with E-state index in [2.05, 4.69) is 20.4 Å². The summed E-state index contributed by atoms with van der Waals surface area (Å²) in [5.41, 5.74) is 1.05. The lowest BCUT2D eigenvalue weighted by Gasteiger charge is -2.32. The SMILES string of the molecule is Cn1ncnc1CCNC(=O)N1CCC[C@H](OCc2cccnc2)C1. The molecule has 1 N–H and O–H groups in total. The molecule has 2 aromatic heterocycles. The van der Waals surface area contributed by atoms with Crippen LogP contribution in [0.3, 0.4) is 0 Å². The molecule has 8 nitrogen and oxygen atoms in total. The molecule has 3 rings (SSSR count). The van der Waals surface area contributed by atoms with Gasteiger partial charge in [-0.2, -0.15) is 5.10 Å². The van der Waals surface area contributed by atoms with Crippen molar-refractivity contribution >= 4 is 6.03 Å². The minimum absolute atomic E-state index is 0.0446. The maximum absolute atomic E-state index is 12.3. The molecular formula is C17H24N6O2. The van der Waals surface area contributed by atoms with Crippen LogP contribution in [0.25, 0.3) is 0 Å². The molecule has 1 atom stereocenters. The Morgan fingerprint density at radius 3 is 3.16 bits per heavy atom. The third-order valence-corrected chi connectivity index (χ3v) is 4.30. The minimum atomic E-state index is -0.0446. The fourth-order valence-electron chi connectivity index (χ4n) is 2.90. The maximum atomic E-state index is 12.3. The molecule has 1 fully saturated rings. The fraction of sp³-hybridized carbons (Fsp3) is 0.529. The maximum Gasteiger partial charge on any atom is 0.317 e. The Morgan fingerprint density at radius 2 is 2.40 bits per heavy atom. The van der Waals surface area contributed by atoms with E-state index in [1.54, 1.807) is 17.1 Å². The summed E-state index contributed by atoms with van der Waals surface area (Å²) in [5.74, 6) is 0.858. The first kappa shape index (κ1) is 17.3. The highest BCUT2D eigenvalue weighted by Crippen LogP contribution is 2.15. The third-order valence-electron chi connectivity index (χ3n) is 4.30. The van der Waals surface area contributed by atoms with Gasteiger partial charge in [-0.15, -0.1) is 0 Å². The number of pyridine rings is 1. The molecule has 0 spiro atoms. The van der Waals surface area contributed by atoms with Crippen LogP contribution in [0.1, 0.15) is 24.2 Å². The first-order valence-corrected chi connectivity index (χ1v) is 8.58. The number of nitrogens with zero attached hydrogens (tertiary/aromatic N) is 5. The first-order valence-electron chi connectivity index (χ1n) is 8.58. The van der Waals surface area contributed by atoms with Gasteiger partial charge in [0.2, 0.25) is 0 Å². The van der Waals surface area contributed by atoms with Crippen molar-refractivity contribution in [1.82, 2.24) is 30.0 Å². The van der Waals surface area contributed by atoms with Gasteiger partial charge >= 0.3 is 6.03 Å². The zero-order chi connectivity index (χ0) is 17.5. The van der Waals surface area contributed by atoms with Gasteiger partial charge in [0.1, 0.15) is 12.2 Å². The Balaban J connectivity index is 1.41. The molecule has 2 aromatic rings. The van der Waals surface area contributed by atoms with Crippen molar-refractivity contribution in [3.63, 3.8) is 0 Å². The second-order valence-electron chi connectivity index (χ2n) is 6.16. The molecule has 0 aliphatic carbocycles. The molecule has 3 heterocycles. The normalized spacial score (nSPS) is 17.5. The van der Waals surface area contributed by atoms with Crippen LogP contribution in [0, 0.1) is 0 Å². The van der Waals surface area contributed by atoms with E-state index in [1.807, 2.05) is 24.1 Å². The van der Waals surface area contributed by atoms with E-state index in [0.717, 1.165) is 30.8 Å². The van der Waals surface area contributed by atoms with Crippen molar-refractivity contribution in [1.29, 1.82) is 0 Å². The number of ether oxygens (including phenoxy) is 1. The molecule has 0 unspecified atom stereocenters. The predicted molar refractivity (Wildman–Crippen MR) is 91.7 cm³/mol. The summed E-state index contributed by atoms with van der Waals surface area (Å²) in [6.45, 7) is 2.46. The van der Waals surface area contributed by atoms with Gasteiger partial charge in [-0.05, 0) is 24.5 Å². The third kappa shape index (κ3) is 4.99. The zero-order valence-electron chi connectivity index (χ0n) is 14.5. The average Bonchev–Trinajstić information content (AvgIpc) is 3.06. The summed E-state index contributed by atoms with van der Waals surface area (Å²) in [6, 6.07) is 3.85. The molecule has 0 radical (unpaired) electrons. The lowest BCUT2D eigenvalue weighted by Crippen LogP contribution is -2.48. The van der Waals surface area contributed by atoms with Gasteiger partial charge in [-0.3, -0.25) is 9.67 Å². The molecule has 0 saturated carbocycles. The monoisotopic (exact) mass is 344 g/mol. The quantitative estimate of drug-likeness (QED) is 0.849. The molecule has 0 bridgehead atoms. The Morgan fingerprint density at radius 1 is 1.48 bits per heavy atom. The van der Waals surface area contributed by atoms with E-state index in [1.165, 1.54) is 6.33 Å². The van der Waals surface area contributed by atoms with Crippen LogP contribution < -0.4 is 5.32 Å². The number of rotatable bonds is 6.